The fourth-order valence-electron chi connectivity index (χ4n) is 2.37. The van der Waals surface area contributed by atoms with Crippen LogP contribution in [0.25, 0.3) is 0 Å². The van der Waals surface area contributed by atoms with E-state index in [1.165, 1.54) is 25.1 Å². The molecule has 134 valence electrons. The Balaban J connectivity index is 2.31. The molecule has 2 rings (SSSR count). The molecule has 1 amide bonds. The summed E-state index contributed by atoms with van der Waals surface area (Å²) in [5.41, 5.74) is 1.80. The van der Waals surface area contributed by atoms with Gasteiger partial charge in [0.05, 0.1) is 11.9 Å². The summed E-state index contributed by atoms with van der Waals surface area (Å²) in [5, 5.41) is 3.38. The van der Waals surface area contributed by atoms with Crippen molar-refractivity contribution >= 4 is 50.5 Å². The zero-order chi connectivity index (χ0) is 18.8. The van der Waals surface area contributed by atoms with Crippen LogP contribution in [0, 0.1) is 6.92 Å². The zero-order valence-electron chi connectivity index (χ0n) is 14.0. The molecule has 0 heterocycles. The first kappa shape index (κ1) is 19.6. The number of halogens is 2. The van der Waals surface area contributed by atoms with Crippen LogP contribution in [0.2, 0.25) is 10.0 Å². The quantitative estimate of drug-likeness (QED) is 0.821. The number of anilines is 2. The number of benzene rings is 2. The standard InChI is InChI=1S/C17H18Cl2N2O3S/c1-11-4-6-16(7-5-11)21(25(3,23)24)12(2)17(22)20-15-9-13(18)8-14(19)10-15/h4-10,12H,1-3H3,(H,20,22). The Morgan fingerprint density at radius 2 is 1.60 bits per heavy atom. The largest absolute Gasteiger partial charge is 0.324 e. The molecule has 5 nitrogen and oxygen atoms in total. The summed E-state index contributed by atoms with van der Waals surface area (Å²) in [6, 6.07) is 10.5. The summed E-state index contributed by atoms with van der Waals surface area (Å²) >= 11 is 11.8. The number of sulfonamides is 1. The number of carbonyl (C=O) groups is 1. The number of aryl methyl sites for hydroxylation is 1. The van der Waals surface area contributed by atoms with Crippen LogP contribution in [-0.4, -0.2) is 26.6 Å². The molecule has 2 aromatic rings. The van der Waals surface area contributed by atoms with Gasteiger partial charge in [-0.3, -0.25) is 9.10 Å². The van der Waals surface area contributed by atoms with Crippen molar-refractivity contribution in [3.8, 4) is 0 Å². The Morgan fingerprint density at radius 1 is 1.08 bits per heavy atom. The average molecular weight is 401 g/mol. The molecule has 1 unspecified atom stereocenters. The van der Waals surface area contributed by atoms with Gasteiger partial charge in [-0.2, -0.15) is 0 Å². The van der Waals surface area contributed by atoms with E-state index in [1.807, 2.05) is 6.92 Å². The van der Waals surface area contributed by atoms with Crippen LogP contribution in [0.5, 0.6) is 0 Å². The first-order valence-corrected chi connectivity index (χ1v) is 10.0. The third-order valence-corrected chi connectivity index (χ3v) is 5.19. The lowest BCUT2D eigenvalue weighted by molar-refractivity contribution is -0.116. The highest BCUT2D eigenvalue weighted by atomic mass is 35.5. The summed E-state index contributed by atoms with van der Waals surface area (Å²) in [7, 11) is -3.66. The molecule has 0 saturated carbocycles. The van der Waals surface area contributed by atoms with E-state index in [2.05, 4.69) is 5.32 Å². The molecule has 0 saturated heterocycles. The van der Waals surface area contributed by atoms with E-state index in [1.54, 1.807) is 24.3 Å². The predicted molar refractivity (Wildman–Crippen MR) is 103 cm³/mol. The third kappa shape index (κ3) is 5.11. The maximum absolute atomic E-state index is 12.6. The molecular weight excluding hydrogens is 383 g/mol. The van der Waals surface area contributed by atoms with Crippen molar-refractivity contribution in [1.29, 1.82) is 0 Å². The molecule has 0 spiro atoms. The van der Waals surface area contributed by atoms with Crippen molar-refractivity contribution in [3.63, 3.8) is 0 Å². The van der Waals surface area contributed by atoms with Gasteiger partial charge in [-0.25, -0.2) is 8.42 Å². The van der Waals surface area contributed by atoms with Crippen molar-refractivity contribution in [2.24, 2.45) is 0 Å². The van der Waals surface area contributed by atoms with Crippen molar-refractivity contribution in [3.05, 3.63) is 58.1 Å². The predicted octanol–water partition coefficient (Wildman–Crippen LogP) is 4.10. The van der Waals surface area contributed by atoms with Crippen LogP contribution < -0.4 is 9.62 Å². The second-order valence-corrected chi connectivity index (χ2v) is 8.45. The Kier molecular flexibility index (Phi) is 5.98. The second kappa shape index (κ2) is 7.64. The lowest BCUT2D eigenvalue weighted by Gasteiger charge is -2.28. The summed E-state index contributed by atoms with van der Waals surface area (Å²) in [4.78, 5) is 12.6. The first-order valence-electron chi connectivity index (χ1n) is 7.41. The summed E-state index contributed by atoms with van der Waals surface area (Å²) in [6.07, 6.45) is 1.06. The van der Waals surface area contributed by atoms with Crippen LogP contribution in [0.1, 0.15) is 12.5 Å². The summed E-state index contributed by atoms with van der Waals surface area (Å²) in [5.74, 6) is -0.496. The van der Waals surface area contributed by atoms with E-state index >= 15 is 0 Å². The fourth-order valence-corrected chi connectivity index (χ4v) is 4.07. The highest BCUT2D eigenvalue weighted by Crippen LogP contribution is 2.25. The van der Waals surface area contributed by atoms with Gasteiger partial charge < -0.3 is 5.32 Å². The Morgan fingerprint density at radius 3 is 2.08 bits per heavy atom. The van der Waals surface area contributed by atoms with Crippen LogP contribution >= 0.6 is 23.2 Å². The molecule has 2 aromatic carbocycles. The highest BCUT2D eigenvalue weighted by Gasteiger charge is 2.29. The van der Waals surface area contributed by atoms with Gasteiger partial charge in [-0.1, -0.05) is 40.9 Å². The number of hydrogen-bond acceptors (Lipinski definition) is 3. The number of nitrogens with zero attached hydrogens (tertiary/aromatic N) is 1. The minimum atomic E-state index is -3.66. The Bertz CT molecular complexity index is 863. The number of nitrogens with one attached hydrogen (secondary N) is 1. The number of amides is 1. The molecule has 25 heavy (non-hydrogen) atoms. The van der Waals surface area contributed by atoms with Gasteiger partial charge in [-0.15, -0.1) is 0 Å². The number of rotatable bonds is 5. The summed E-state index contributed by atoms with van der Waals surface area (Å²) < 4.78 is 25.5. The van der Waals surface area contributed by atoms with Gasteiger partial charge in [0.25, 0.3) is 0 Å². The summed E-state index contributed by atoms with van der Waals surface area (Å²) in [6.45, 7) is 3.41. The molecule has 0 radical (unpaired) electrons. The van der Waals surface area contributed by atoms with Crippen LogP contribution in [0.15, 0.2) is 42.5 Å². The van der Waals surface area contributed by atoms with E-state index in [9.17, 15) is 13.2 Å². The molecule has 1 atom stereocenters. The maximum Gasteiger partial charge on any atom is 0.247 e. The molecule has 0 bridgehead atoms. The minimum absolute atomic E-state index is 0.369. The van der Waals surface area contributed by atoms with E-state index in [-0.39, 0.29) is 0 Å². The van der Waals surface area contributed by atoms with Crippen molar-refractivity contribution in [2.75, 3.05) is 15.9 Å². The van der Waals surface area contributed by atoms with Gasteiger partial charge in [-0.05, 0) is 44.2 Å². The Hall–Kier alpha value is -1.76. The van der Waals surface area contributed by atoms with Crippen LogP contribution in [-0.2, 0) is 14.8 Å². The van der Waals surface area contributed by atoms with Crippen molar-refractivity contribution < 1.29 is 13.2 Å². The lowest BCUT2D eigenvalue weighted by atomic mass is 10.2. The highest BCUT2D eigenvalue weighted by molar-refractivity contribution is 7.92. The van der Waals surface area contributed by atoms with Crippen LogP contribution in [0.3, 0.4) is 0 Å². The SMILES string of the molecule is Cc1ccc(N(C(C)C(=O)Nc2cc(Cl)cc(Cl)c2)S(C)(=O)=O)cc1. The molecule has 0 aliphatic carbocycles. The lowest BCUT2D eigenvalue weighted by Crippen LogP contribution is -2.45. The van der Waals surface area contributed by atoms with E-state index < -0.39 is 22.0 Å². The smallest absolute Gasteiger partial charge is 0.247 e. The van der Waals surface area contributed by atoms with E-state index in [0.29, 0.717) is 21.4 Å². The first-order chi connectivity index (χ1) is 11.6. The average Bonchev–Trinajstić information content (AvgIpc) is 2.47. The second-order valence-electron chi connectivity index (χ2n) is 5.72. The molecular formula is C17H18Cl2N2O3S. The van der Waals surface area contributed by atoms with Crippen molar-refractivity contribution in [1.82, 2.24) is 0 Å². The minimum Gasteiger partial charge on any atom is -0.324 e. The molecule has 0 aliphatic heterocycles. The van der Waals surface area contributed by atoms with E-state index in [4.69, 9.17) is 23.2 Å². The van der Waals surface area contributed by atoms with Gasteiger partial charge in [0.2, 0.25) is 15.9 Å². The normalized spacial score (nSPS) is 12.5. The molecule has 1 N–H and O–H groups in total. The van der Waals surface area contributed by atoms with Crippen LogP contribution in [0.4, 0.5) is 11.4 Å². The monoisotopic (exact) mass is 400 g/mol. The number of carbonyl (C=O) groups excluding carboxylic acids is 1. The van der Waals surface area contributed by atoms with Crippen molar-refractivity contribution in [2.45, 2.75) is 19.9 Å². The van der Waals surface area contributed by atoms with Gasteiger partial charge in [0.15, 0.2) is 0 Å². The topological polar surface area (TPSA) is 66.5 Å². The third-order valence-electron chi connectivity index (χ3n) is 3.51. The molecule has 0 aliphatic rings. The fraction of sp³-hybridized carbons (Fsp3) is 0.235. The maximum atomic E-state index is 12.6. The van der Waals surface area contributed by atoms with Gasteiger partial charge >= 0.3 is 0 Å². The van der Waals surface area contributed by atoms with Gasteiger partial charge in [0, 0.05) is 15.7 Å². The van der Waals surface area contributed by atoms with Gasteiger partial charge in [0.1, 0.15) is 6.04 Å². The molecule has 8 heteroatoms. The zero-order valence-corrected chi connectivity index (χ0v) is 16.3. The van der Waals surface area contributed by atoms with E-state index in [0.717, 1.165) is 16.1 Å². The molecule has 0 aromatic heterocycles. The Labute approximate surface area is 157 Å². The number of hydrogen-bond donors (Lipinski definition) is 1. The molecule has 0 fully saturated rings.